The molecular formula is C15H22Cl2N2. The van der Waals surface area contributed by atoms with Gasteiger partial charge in [0.05, 0.1) is 0 Å². The molecule has 0 radical (unpaired) electrons. The lowest BCUT2D eigenvalue weighted by atomic mass is 10.0. The number of hydrogen-bond acceptors (Lipinski definition) is 2. The monoisotopic (exact) mass is 300 g/mol. The Kier molecular flexibility index (Phi) is 5.52. The van der Waals surface area contributed by atoms with E-state index >= 15 is 0 Å². The molecule has 0 spiro atoms. The highest BCUT2D eigenvalue weighted by atomic mass is 35.5. The minimum Gasteiger partial charge on any atom is -0.312 e. The van der Waals surface area contributed by atoms with Crippen molar-refractivity contribution in [1.82, 2.24) is 10.2 Å². The van der Waals surface area contributed by atoms with Gasteiger partial charge < -0.3 is 5.32 Å². The molecule has 4 heteroatoms. The lowest BCUT2D eigenvalue weighted by Gasteiger charge is -2.27. The molecule has 1 unspecified atom stereocenters. The Morgan fingerprint density at radius 3 is 2.84 bits per heavy atom. The van der Waals surface area contributed by atoms with Crippen LogP contribution in [0.3, 0.4) is 0 Å². The molecule has 1 heterocycles. The van der Waals surface area contributed by atoms with Gasteiger partial charge in [0.1, 0.15) is 0 Å². The Labute approximate surface area is 126 Å². The van der Waals surface area contributed by atoms with Gasteiger partial charge >= 0.3 is 0 Å². The molecule has 1 aliphatic heterocycles. The molecule has 0 bridgehead atoms. The zero-order valence-corrected chi connectivity index (χ0v) is 13.1. The van der Waals surface area contributed by atoms with Gasteiger partial charge in [-0.2, -0.15) is 0 Å². The van der Waals surface area contributed by atoms with Crippen LogP contribution in [0, 0.1) is 5.92 Å². The first-order valence-electron chi connectivity index (χ1n) is 6.96. The smallest absolute Gasteiger partial charge is 0.0465 e. The predicted molar refractivity (Wildman–Crippen MR) is 83.0 cm³/mol. The highest BCUT2D eigenvalue weighted by Gasteiger charge is 2.20. The van der Waals surface area contributed by atoms with Crippen LogP contribution in [-0.4, -0.2) is 30.6 Å². The molecule has 1 aromatic rings. The van der Waals surface area contributed by atoms with Crippen LogP contribution in [-0.2, 0) is 6.54 Å². The standard InChI is InChI=1S/C15H22Cl2N2/c1-11(2)15-10-19(7-3-6-18-15)9-12-4-5-13(16)8-14(12)17/h4-5,8,11,15,18H,3,6-7,9-10H2,1-2H3. The van der Waals surface area contributed by atoms with Crippen molar-refractivity contribution in [1.29, 1.82) is 0 Å². The molecule has 1 N–H and O–H groups in total. The Balaban J connectivity index is 2.04. The van der Waals surface area contributed by atoms with Gasteiger partial charge in [-0.05, 0) is 43.1 Å². The first-order chi connectivity index (χ1) is 9.06. The maximum absolute atomic E-state index is 6.26. The van der Waals surface area contributed by atoms with E-state index in [1.807, 2.05) is 18.2 Å². The van der Waals surface area contributed by atoms with Crippen molar-refractivity contribution in [2.24, 2.45) is 5.92 Å². The third-order valence-electron chi connectivity index (χ3n) is 3.73. The normalized spacial score (nSPS) is 21.6. The van der Waals surface area contributed by atoms with Crippen LogP contribution < -0.4 is 5.32 Å². The van der Waals surface area contributed by atoms with Crippen molar-refractivity contribution >= 4 is 23.2 Å². The van der Waals surface area contributed by atoms with Crippen LogP contribution in [0.4, 0.5) is 0 Å². The molecule has 1 aliphatic rings. The molecule has 2 nitrogen and oxygen atoms in total. The number of nitrogens with one attached hydrogen (secondary N) is 1. The lowest BCUT2D eigenvalue weighted by Crippen LogP contribution is -2.41. The third-order valence-corrected chi connectivity index (χ3v) is 4.31. The number of halogens is 2. The molecule has 106 valence electrons. The number of benzene rings is 1. The van der Waals surface area contributed by atoms with Crippen molar-refractivity contribution in [3.05, 3.63) is 33.8 Å². The average molecular weight is 301 g/mol. The summed E-state index contributed by atoms with van der Waals surface area (Å²) in [4.78, 5) is 2.49. The largest absolute Gasteiger partial charge is 0.312 e. The summed E-state index contributed by atoms with van der Waals surface area (Å²) in [7, 11) is 0. The van der Waals surface area contributed by atoms with E-state index in [1.54, 1.807) is 0 Å². The molecule has 1 aromatic carbocycles. The van der Waals surface area contributed by atoms with Crippen LogP contribution in [0.1, 0.15) is 25.8 Å². The van der Waals surface area contributed by atoms with Crippen molar-refractivity contribution in [3.63, 3.8) is 0 Å². The Morgan fingerprint density at radius 1 is 1.37 bits per heavy atom. The van der Waals surface area contributed by atoms with E-state index in [0.717, 1.165) is 36.8 Å². The van der Waals surface area contributed by atoms with E-state index in [2.05, 4.69) is 24.1 Å². The predicted octanol–water partition coefficient (Wildman–Crippen LogP) is 3.81. The lowest BCUT2D eigenvalue weighted by molar-refractivity contribution is 0.238. The van der Waals surface area contributed by atoms with Crippen molar-refractivity contribution in [2.45, 2.75) is 32.9 Å². The number of hydrogen-bond donors (Lipinski definition) is 1. The molecular weight excluding hydrogens is 279 g/mol. The maximum Gasteiger partial charge on any atom is 0.0465 e. The quantitative estimate of drug-likeness (QED) is 0.913. The number of nitrogens with zero attached hydrogens (tertiary/aromatic N) is 1. The van der Waals surface area contributed by atoms with Crippen molar-refractivity contribution < 1.29 is 0 Å². The molecule has 1 saturated heterocycles. The van der Waals surface area contributed by atoms with E-state index < -0.39 is 0 Å². The van der Waals surface area contributed by atoms with Gasteiger partial charge in [-0.15, -0.1) is 0 Å². The molecule has 2 rings (SSSR count). The SMILES string of the molecule is CC(C)C1CN(Cc2ccc(Cl)cc2Cl)CCCN1. The Bertz CT molecular complexity index is 421. The molecule has 0 amide bonds. The van der Waals surface area contributed by atoms with E-state index in [9.17, 15) is 0 Å². The van der Waals surface area contributed by atoms with E-state index in [-0.39, 0.29) is 0 Å². The summed E-state index contributed by atoms with van der Waals surface area (Å²) in [5.41, 5.74) is 1.16. The van der Waals surface area contributed by atoms with Gasteiger partial charge in [-0.25, -0.2) is 0 Å². The maximum atomic E-state index is 6.26. The van der Waals surface area contributed by atoms with Crippen LogP contribution >= 0.6 is 23.2 Å². The minimum absolute atomic E-state index is 0.563. The zero-order chi connectivity index (χ0) is 13.8. The van der Waals surface area contributed by atoms with Gasteiger partial charge in [-0.3, -0.25) is 4.90 Å². The first kappa shape index (κ1) is 15.1. The number of rotatable bonds is 3. The summed E-state index contributed by atoms with van der Waals surface area (Å²) < 4.78 is 0. The van der Waals surface area contributed by atoms with Crippen LogP contribution in [0.25, 0.3) is 0 Å². The zero-order valence-electron chi connectivity index (χ0n) is 11.6. The second kappa shape index (κ2) is 6.94. The second-order valence-corrected chi connectivity index (χ2v) is 6.47. The first-order valence-corrected chi connectivity index (χ1v) is 7.71. The van der Waals surface area contributed by atoms with Crippen LogP contribution in [0.5, 0.6) is 0 Å². The summed E-state index contributed by atoms with van der Waals surface area (Å²) in [5.74, 6) is 0.654. The van der Waals surface area contributed by atoms with Crippen molar-refractivity contribution in [3.8, 4) is 0 Å². The summed E-state index contributed by atoms with van der Waals surface area (Å²) in [6.45, 7) is 8.76. The Morgan fingerprint density at radius 2 is 2.16 bits per heavy atom. The van der Waals surface area contributed by atoms with Gasteiger partial charge in [0.2, 0.25) is 0 Å². The molecule has 0 aliphatic carbocycles. The summed E-state index contributed by atoms with van der Waals surface area (Å²) in [6, 6.07) is 6.34. The van der Waals surface area contributed by atoms with E-state index in [4.69, 9.17) is 23.2 Å². The molecule has 19 heavy (non-hydrogen) atoms. The minimum atomic E-state index is 0.563. The summed E-state index contributed by atoms with van der Waals surface area (Å²) in [5, 5.41) is 5.09. The molecule has 0 aromatic heterocycles. The van der Waals surface area contributed by atoms with E-state index in [0.29, 0.717) is 17.0 Å². The summed E-state index contributed by atoms with van der Waals surface area (Å²) in [6.07, 6.45) is 1.19. The van der Waals surface area contributed by atoms with E-state index in [1.165, 1.54) is 6.42 Å². The fraction of sp³-hybridized carbons (Fsp3) is 0.600. The fourth-order valence-corrected chi connectivity index (χ4v) is 2.97. The second-order valence-electron chi connectivity index (χ2n) is 5.63. The average Bonchev–Trinajstić information content (AvgIpc) is 2.58. The van der Waals surface area contributed by atoms with Crippen LogP contribution in [0.15, 0.2) is 18.2 Å². The third kappa shape index (κ3) is 4.35. The highest BCUT2D eigenvalue weighted by molar-refractivity contribution is 6.35. The topological polar surface area (TPSA) is 15.3 Å². The molecule has 1 atom stereocenters. The Hall–Kier alpha value is -0.280. The van der Waals surface area contributed by atoms with Gasteiger partial charge in [0.25, 0.3) is 0 Å². The van der Waals surface area contributed by atoms with Gasteiger partial charge in [-0.1, -0.05) is 43.1 Å². The summed E-state index contributed by atoms with van der Waals surface area (Å²) >= 11 is 12.2. The van der Waals surface area contributed by atoms with Gasteiger partial charge in [0.15, 0.2) is 0 Å². The highest BCUT2D eigenvalue weighted by Crippen LogP contribution is 2.23. The molecule has 1 fully saturated rings. The molecule has 0 saturated carbocycles. The fourth-order valence-electron chi connectivity index (χ4n) is 2.51. The van der Waals surface area contributed by atoms with Crippen molar-refractivity contribution in [2.75, 3.05) is 19.6 Å². The van der Waals surface area contributed by atoms with Crippen LogP contribution in [0.2, 0.25) is 10.0 Å². The van der Waals surface area contributed by atoms with Gasteiger partial charge in [0, 0.05) is 29.2 Å².